The summed E-state index contributed by atoms with van der Waals surface area (Å²) in [6.07, 6.45) is 0. The molecule has 0 amide bonds. The molecule has 0 spiro atoms. The summed E-state index contributed by atoms with van der Waals surface area (Å²) in [5.41, 5.74) is 0.799. The Labute approximate surface area is 100 Å². The van der Waals surface area contributed by atoms with Gasteiger partial charge in [0, 0.05) is 19.1 Å². The summed E-state index contributed by atoms with van der Waals surface area (Å²) in [5, 5.41) is 0.677. The molecule has 0 atom stereocenters. The molecule has 1 aromatic rings. The van der Waals surface area contributed by atoms with E-state index in [1.165, 1.54) is 0 Å². The van der Waals surface area contributed by atoms with Gasteiger partial charge in [0.15, 0.2) is 0 Å². The largest absolute Gasteiger partial charge is 0.483 e. The van der Waals surface area contributed by atoms with E-state index in [2.05, 4.69) is 4.99 Å². The molecule has 0 aliphatic carbocycles. The summed E-state index contributed by atoms with van der Waals surface area (Å²) in [5.74, 6) is 1.69. The molecule has 5 heteroatoms. The maximum atomic E-state index is 5.87. The van der Waals surface area contributed by atoms with Crippen LogP contribution in [-0.2, 0) is 0 Å². The van der Waals surface area contributed by atoms with E-state index >= 15 is 0 Å². The van der Waals surface area contributed by atoms with Gasteiger partial charge in [-0.15, -0.1) is 12.4 Å². The van der Waals surface area contributed by atoms with Crippen molar-refractivity contribution in [1.29, 1.82) is 0 Å². The highest BCUT2D eigenvalue weighted by atomic mass is 35.5. The molecule has 1 aromatic carbocycles. The van der Waals surface area contributed by atoms with E-state index < -0.39 is 0 Å². The fourth-order valence-electron chi connectivity index (χ4n) is 1.24. The fraction of sp³-hybridized carbons (Fsp3) is 0.300. The van der Waals surface area contributed by atoms with Gasteiger partial charge in [-0.25, -0.2) is 4.99 Å². The third-order valence-corrected chi connectivity index (χ3v) is 2.28. The van der Waals surface area contributed by atoms with Crippen LogP contribution >= 0.6 is 24.0 Å². The Balaban J connectivity index is 0.00000112. The number of fused-ring (bicyclic) bond motifs is 1. The average Bonchev–Trinajstić information content (AvgIpc) is 2.16. The maximum absolute atomic E-state index is 5.87. The van der Waals surface area contributed by atoms with Gasteiger partial charge in [-0.1, -0.05) is 11.6 Å². The van der Waals surface area contributed by atoms with Gasteiger partial charge in [0.2, 0.25) is 0 Å². The van der Waals surface area contributed by atoms with E-state index in [0.717, 1.165) is 17.3 Å². The van der Waals surface area contributed by atoms with Crippen LogP contribution in [0.2, 0.25) is 5.02 Å². The summed E-state index contributed by atoms with van der Waals surface area (Å²) >= 11 is 5.87. The number of ether oxygens (including phenoxy) is 1. The van der Waals surface area contributed by atoms with Crippen LogP contribution in [0, 0.1) is 0 Å². The van der Waals surface area contributed by atoms with Crippen molar-refractivity contribution in [2.24, 2.45) is 4.99 Å². The first-order valence-corrected chi connectivity index (χ1v) is 4.72. The second-order valence-electron chi connectivity index (χ2n) is 3.32. The standard InChI is InChI=1S/C10H11ClN2O.ClH/c1-13(2)10-6-14-9-4-3-7(11)5-8(9)12-10;/h3-5H,6H2,1-2H3;1H. The molecule has 0 saturated heterocycles. The van der Waals surface area contributed by atoms with E-state index in [1.807, 2.05) is 25.1 Å². The maximum Gasteiger partial charge on any atom is 0.146 e. The lowest BCUT2D eigenvalue weighted by molar-refractivity contribution is 0.353. The lowest BCUT2D eigenvalue weighted by Crippen LogP contribution is -2.29. The summed E-state index contributed by atoms with van der Waals surface area (Å²) < 4.78 is 5.52. The molecular formula is C10H12Cl2N2O. The van der Waals surface area contributed by atoms with Crippen LogP contribution in [0.1, 0.15) is 0 Å². The van der Waals surface area contributed by atoms with Gasteiger partial charge in [0.05, 0.1) is 0 Å². The Morgan fingerprint density at radius 1 is 1.40 bits per heavy atom. The van der Waals surface area contributed by atoms with Crippen molar-refractivity contribution in [3.05, 3.63) is 23.2 Å². The third kappa shape index (κ3) is 2.55. The molecule has 0 bridgehead atoms. The monoisotopic (exact) mass is 246 g/mol. The number of rotatable bonds is 0. The number of hydrogen-bond acceptors (Lipinski definition) is 3. The van der Waals surface area contributed by atoms with Crippen LogP contribution in [-0.4, -0.2) is 31.4 Å². The average molecular weight is 247 g/mol. The van der Waals surface area contributed by atoms with E-state index in [4.69, 9.17) is 16.3 Å². The molecule has 2 rings (SSSR count). The summed E-state index contributed by atoms with van der Waals surface area (Å²) in [4.78, 5) is 6.37. The highest BCUT2D eigenvalue weighted by molar-refractivity contribution is 6.30. The Morgan fingerprint density at radius 3 is 2.80 bits per heavy atom. The van der Waals surface area contributed by atoms with Crippen LogP contribution in [0.25, 0.3) is 0 Å². The third-order valence-electron chi connectivity index (χ3n) is 2.04. The van der Waals surface area contributed by atoms with Crippen molar-refractivity contribution in [2.75, 3.05) is 20.7 Å². The van der Waals surface area contributed by atoms with Crippen LogP contribution < -0.4 is 4.74 Å². The minimum absolute atomic E-state index is 0. The molecule has 0 saturated carbocycles. The number of aliphatic imine (C=N–C) groups is 1. The van der Waals surface area contributed by atoms with Crippen LogP contribution in [0.15, 0.2) is 23.2 Å². The number of amidine groups is 1. The molecule has 3 nitrogen and oxygen atoms in total. The number of nitrogens with zero attached hydrogens (tertiary/aromatic N) is 2. The normalized spacial score (nSPS) is 13.1. The van der Waals surface area contributed by atoms with Gasteiger partial charge in [0.1, 0.15) is 23.9 Å². The lowest BCUT2D eigenvalue weighted by atomic mass is 10.3. The SMILES string of the molecule is CN(C)C1=Nc2cc(Cl)ccc2OC1.Cl. The van der Waals surface area contributed by atoms with E-state index in [-0.39, 0.29) is 12.4 Å². The van der Waals surface area contributed by atoms with E-state index in [1.54, 1.807) is 12.1 Å². The quantitative estimate of drug-likeness (QED) is 0.704. The predicted octanol–water partition coefficient (Wildman–Crippen LogP) is 2.75. The Morgan fingerprint density at radius 2 is 2.13 bits per heavy atom. The van der Waals surface area contributed by atoms with Gasteiger partial charge >= 0.3 is 0 Å². The second-order valence-corrected chi connectivity index (χ2v) is 3.76. The van der Waals surface area contributed by atoms with Gasteiger partial charge in [0.25, 0.3) is 0 Å². The van der Waals surface area contributed by atoms with Crippen molar-refractivity contribution in [3.63, 3.8) is 0 Å². The molecule has 0 aromatic heterocycles. The lowest BCUT2D eigenvalue weighted by Gasteiger charge is -2.21. The summed E-state index contributed by atoms with van der Waals surface area (Å²) in [7, 11) is 3.88. The minimum atomic E-state index is 0. The number of halogens is 2. The summed E-state index contributed by atoms with van der Waals surface area (Å²) in [6, 6.07) is 5.45. The summed E-state index contributed by atoms with van der Waals surface area (Å²) in [6.45, 7) is 0.516. The molecule has 0 N–H and O–H groups in total. The van der Waals surface area contributed by atoms with Gasteiger partial charge in [-0.3, -0.25) is 0 Å². The second kappa shape index (κ2) is 4.73. The van der Waals surface area contributed by atoms with Crippen molar-refractivity contribution >= 4 is 35.5 Å². The van der Waals surface area contributed by atoms with Crippen LogP contribution in [0.5, 0.6) is 5.75 Å². The predicted molar refractivity (Wildman–Crippen MR) is 65.0 cm³/mol. The first kappa shape index (κ1) is 12.1. The molecule has 0 fully saturated rings. The number of hydrogen-bond donors (Lipinski definition) is 0. The zero-order valence-electron chi connectivity index (χ0n) is 8.53. The Hall–Kier alpha value is -0.930. The zero-order chi connectivity index (χ0) is 10.1. The number of benzene rings is 1. The molecule has 0 radical (unpaired) electrons. The minimum Gasteiger partial charge on any atom is -0.483 e. The van der Waals surface area contributed by atoms with Crippen molar-refractivity contribution in [1.82, 2.24) is 4.90 Å². The Kier molecular flexibility index (Phi) is 3.83. The van der Waals surface area contributed by atoms with Crippen molar-refractivity contribution in [3.8, 4) is 5.75 Å². The molecular weight excluding hydrogens is 235 g/mol. The van der Waals surface area contributed by atoms with Crippen LogP contribution in [0.3, 0.4) is 0 Å². The molecule has 0 unspecified atom stereocenters. The van der Waals surface area contributed by atoms with Crippen molar-refractivity contribution in [2.45, 2.75) is 0 Å². The molecule has 1 heterocycles. The van der Waals surface area contributed by atoms with E-state index in [9.17, 15) is 0 Å². The molecule has 1 aliphatic rings. The molecule has 82 valence electrons. The molecule has 1 aliphatic heterocycles. The van der Waals surface area contributed by atoms with Crippen LogP contribution in [0.4, 0.5) is 5.69 Å². The zero-order valence-corrected chi connectivity index (χ0v) is 10.1. The highest BCUT2D eigenvalue weighted by Crippen LogP contribution is 2.33. The highest BCUT2D eigenvalue weighted by Gasteiger charge is 2.14. The Bertz CT molecular complexity index is 391. The fourth-order valence-corrected chi connectivity index (χ4v) is 1.41. The van der Waals surface area contributed by atoms with Gasteiger partial charge in [-0.05, 0) is 18.2 Å². The number of likely N-dealkylation sites (N-methyl/N-ethyl adjacent to an activating group) is 1. The van der Waals surface area contributed by atoms with Crippen molar-refractivity contribution < 1.29 is 4.74 Å². The topological polar surface area (TPSA) is 24.8 Å². The first-order chi connectivity index (χ1) is 6.66. The van der Waals surface area contributed by atoms with Gasteiger partial charge < -0.3 is 9.64 Å². The molecule has 15 heavy (non-hydrogen) atoms. The first-order valence-electron chi connectivity index (χ1n) is 4.34. The van der Waals surface area contributed by atoms with E-state index in [0.29, 0.717) is 11.6 Å². The van der Waals surface area contributed by atoms with Gasteiger partial charge in [-0.2, -0.15) is 0 Å². The smallest absolute Gasteiger partial charge is 0.146 e.